The molecule has 116 valence electrons. The van der Waals surface area contributed by atoms with Gasteiger partial charge in [0.25, 0.3) is 0 Å². The lowest BCUT2D eigenvalue weighted by atomic mass is 9.82. The molecule has 2 aromatic heterocycles. The number of rotatable bonds is 4. The summed E-state index contributed by atoms with van der Waals surface area (Å²) in [7, 11) is 2.03. The fourth-order valence-corrected chi connectivity index (χ4v) is 4.11. The van der Waals surface area contributed by atoms with Crippen molar-refractivity contribution < 1.29 is 0 Å². The van der Waals surface area contributed by atoms with Crippen LogP contribution in [-0.4, -0.2) is 19.3 Å². The first-order chi connectivity index (χ1) is 10.1. The Morgan fingerprint density at radius 2 is 2.19 bits per heavy atom. The Morgan fingerprint density at radius 1 is 1.38 bits per heavy atom. The minimum atomic E-state index is 0.754. The molecule has 0 aliphatic heterocycles. The average molecular weight is 306 g/mol. The van der Waals surface area contributed by atoms with E-state index in [0.29, 0.717) is 0 Å². The Labute approximate surface area is 131 Å². The third-order valence-electron chi connectivity index (χ3n) is 4.79. The Kier molecular flexibility index (Phi) is 4.20. The molecule has 0 bridgehead atoms. The molecule has 0 aromatic carbocycles. The molecule has 4 nitrogen and oxygen atoms in total. The molecule has 1 fully saturated rings. The van der Waals surface area contributed by atoms with Gasteiger partial charge in [0.15, 0.2) is 10.4 Å². The van der Waals surface area contributed by atoms with Crippen LogP contribution in [0, 0.1) is 16.6 Å². The minimum absolute atomic E-state index is 0.754. The van der Waals surface area contributed by atoms with Gasteiger partial charge >= 0.3 is 0 Å². The number of aryl methyl sites for hydroxylation is 2. The molecule has 2 heterocycles. The highest BCUT2D eigenvalue weighted by molar-refractivity contribution is 7.71. The smallest absolute Gasteiger partial charge is 0.179 e. The van der Waals surface area contributed by atoms with E-state index in [-0.39, 0.29) is 0 Å². The Balaban J connectivity index is 1.94. The summed E-state index contributed by atoms with van der Waals surface area (Å²) in [6, 6.07) is 0. The maximum atomic E-state index is 5.57. The first-order valence-corrected chi connectivity index (χ1v) is 8.65. The van der Waals surface area contributed by atoms with Crippen LogP contribution in [0.5, 0.6) is 0 Å². The zero-order chi connectivity index (χ0) is 15.0. The molecule has 0 amide bonds. The highest BCUT2D eigenvalue weighted by Crippen LogP contribution is 2.31. The number of aromatic nitrogens is 4. The molecule has 1 aliphatic carbocycles. The van der Waals surface area contributed by atoms with Crippen LogP contribution in [0.4, 0.5) is 0 Å². The van der Waals surface area contributed by atoms with Crippen molar-refractivity contribution in [3.8, 4) is 0 Å². The van der Waals surface area contributed by atoms with Crippen molar-refractivity contribution in [1.29, 1.82) is 0 Å². The van der Waals surface area contributed by atoms with E-state index in [0.717, 1.165) is 47.2 Å². The molecule has 1 N–H and O–H groups in total. The van der Waals surface area contributed by atoms with Gasteiger partial charge in [0.1, 0.15) is 5.52 Å². The van der Waals surface area contributed by atoms with Crippen molar-refractivity contribution >= 4 is 23.4 Å². The highest BCUT2D eigenvalue weighted by Gasteiger charge is 2.22. The number of fused-ring (bicyclic) bond motifs is 1. The second-order valence-corrected chi connectivity index (χ2v) is 7.08. The second kappa shape index (κ2) is 5.95. The topological polar surface area (TPSA) is 38.5 Å². The molecule has 5 heteroatoms. The van der Waals surface area contributed by atoms with Crippen molar-refractivity contribution in [2.75, 3.05) is 0 Å². The molecule has 0 spiro atoms. The van der Waals surface area contributed by atoms with Crippen LogP contribution >= 0.6 is 12.2 Å². The lowest BCUT2D eigenvalue weighted by Crippen LogP contribution is -2.19. The summed E-state index contributed by atoms with van der Waals surface area (Å²) in [6.45, 7) is 5.60. The van der Waals surface area contributed by atoms with Gasteiger partial charge in [0, 0.05) is 13.6 Å². The third kappa shape index (κ3) is 2.80. The lowest BCUT2D eigenvalue weighted by molar-refractivity contribution is 0.257. The first-order valence-electron chi connectivity index (χ1n) is 8.24. The Bertz CT molecular complexity index is 678. The van der Waals surface area contributed by atoms with Gasteiger partial charge in [0.2, 0.25) is 0 Å². The van der Waals surface area contributed by atoms with Crippen LogP contribution in [0.1, 0.15) is 51.6 Å². The van der Waals surface area contributed by atoms with Gasteiger partial charge in [-0.05, 0) is 43.3 Å². The number of hydrogen-bond donors (Lipinski definition) is 1. The van der Waals surface area contributed by atoms with Gasteiger partial charge in [-0.2, -0.15) is 5.10 Å². The number of nitrogens with one attached hydrogen (secondary N) is 1. The minimum Gasteiger partial charge on any atom is -0.328 e. The standard InChI is InChI=1S/C16H26N4S/c1-4-6-13-14-15(19(3)18-13)20(16(21)17-14)10-12-8-5-7-11(2)9-12/h11-12H,4-10H2,1-3H3,(H,17,21). The SMILES string of the molecule is CCCc1nn(C)c2c1[nH]c(=S)n2CC1CCCC(C)C1. The third-order valence-corrected chi connectivity index (χ3v) is 5.12. The van der Waals surface area contributed by atoms with E-state index in [9.17, 15) is 0 Å². The maximum Gasteiger partial charge on any atom is 0.179 e. The van der Waals surface area contributed by atoms with Gasteiger partial charge in [-0.1, -0.05) is 33.1 Å². The van der Waals surface area contributed by atoms with Crippen LogP contribution < -0.4 is 0 Å². The van der Waals surface area contributed by atoms with Crippen molar-refractivity contribution in [3.05, 3.63) is 10.5 Å². The van der Waals surface area contributed by atoms with Crippen LogP contribution in [-0.2, 0) is 20.0 Å². The largest absolute Gasteiger partial charge is 0.328 e. The number of aromatic amines is 1. The van der Waals surface area contributed by atoms with Crippen LogP contribution in [0.15, 0.2) is 0 Å². The highest BCUT2D eigenvalue weighted by atomic mass is 32.1. The molecular formula is C16H26N4S. The van der Waals surface area contributed by atoms with Crippen molar-refractivity contribution in [1.82, 2.24) is 19.3 Å². The fourth-order valence-electron chi connectivity index (χ4n) is 3.84. The summed E-state index contributed by atoms with van der Waals surface area (Å²) in [6.07, 6.45) is 7.52. The zero-order valence-corrected chi connectivity index (χ0v) is 14.2. The van der Waals surface area contributed by atoms with E-state index in [2.05, 4.69) is 28.5 Å². The zero-order valence-electron chi connectivity index (χ0n) is 13.4. The number of imidazole rings is 1. The molecule has 0 saturated heterocycles. The van der Waals surface area contributed by atoms with Gasteiger partial charge in [-0.15, -0.1) is 0 Å². The van der Waals surface area contributed by atoms with E-state index < -0.39 is 0 Å². The monoisotopic (exact) mass is 306 g/mol. The molecule has 2 aromatic rings. The van der Waals surface area contributed by atoms with E-state index in [1.807, 2.05) is 11.7 Å². The molecule has 3 rings (SSSR count). The maximum absolute atomic E-state index is 5.57. The predicted molar refractivity (Wildman–Crippen MR) is 89.0 cm³/mol. The van der Waals surface area contributed by atoms with Crippen LogP contribution in [0.2, 0.25) is 0 Å². The van der Waals surface area contributed by atoms with Crippen molar-refractivity contribution in [2.45, 2.75) is 58.9 Å². The summed E-state index contributed by atoms with van der Waals surface area (Å²) < 4.78 is 5.13. The van der Waals surface area contributed by atoms with E-state index >= 15 is 0 Å². The molecule has 21 heavy (non-hydrogen) atoms. The fraction of sp³-hybridized carbons (Fsp3) is 0.750. The molecule has 1 aliphatic rings. The van der Waals surface area contributed by atoms with Gasteiger partial charge in [-0.25, -0.2) is 0 Å². The predicted octanol–water partition coefficient (Wildman–Crippen LogP) is 4.21. The molecule has 2 atom stereocenters. The normalized spacial score (nSPS) is 23.0. The van der Waals surface area contributed by atoms with E-state index in [1.54, 1.807) is 0 Å². The average Bonchev–Trinajstić information content (AvgIpc) is 2.90. The van der Waals surface area contributed by atoms with Gasteiger partial charge in [0.05, 0.1) is 5.69 Å². The van der Waals surface area contributed by atoms with E-state index in [4.69, 9.17) is 12.2 Å². The molecule has 2 unspecified atom stereocenters. The summed E-state index contributed by atoms with van der Waals surface area (Å²) >= 11 is 5.57. The number of hydrogen-bond acceptors (Lipinski definition) is 2. The second-order valence-electron chi connectivity index (χ2n) is 6.70. The first kappa shape index (κ1) is 14.8. The summed E-state index contributed by atoms with van der Waals surface area (Å²) in [5, 5.41) is 4.67. The Hall–Kier alpha value is -1.10. The summed E-state index contributed by atoms with van der Waals surface area (Å²) in [4.78, 5) is 3.40. The van der Waals surface area contributed by atoms with E-state index in [1.165, 1.54) is 31.3 Å². The molecule has 1 saturated carbocycles. The van der Waals surface area contributed by atoms with Crippen LogP contribution in [0.3, 0.4) is 0 Å². The van der Waals surface area contributed by atoms with Crippen molar-refractivity contribution in [2.24, 2.45) is 18.9 Å². The lowest BCUT2D eigenvalue weighted by Gasteiger charge is -2.27. The van der Waals surface area contributed by atoms with Crippen LogP contribution in [0.25, 0.3) is 11.2 Å². The number of H-pyrrole nitrogens is 1. The van der Waals surface area contributed by atoms with Gasteiger partial charge < -0.3 is 9.55 Å². The summed E-state index contributed by atoms with van der Waals surface area (Å²) in [5.41, 5.74) is 3.46. The molecular weight excluding hydrogens is 280 g/mol. The quantitative estimate of drug-likeness (QED) is 0.859. The molecule has 0 radical (unpaired) electrons. The Morgan fingerprint density at radius 3 is 2.90 bits per heavy atom. The number of nitrogens with zero attached hydrogens (tertiary/aromatic N) is 3. The summed E-state index contributed by atoms with van der Waals surface area (Å²) in [5.74, 6) is 1.61. The van der Waals surface area contributed by atoms with Crippen molar-refractivity contribution in [3.63, 3.8) is 0 Å². The van der Waals surface area contributed by atoms with Gasteiger partial charge in [-0.3, -0.25) is 4.68 Å².